The van der Waals surface area contributed by atoms with Gasteiger partial charge in [-0.1, -0.05) is 6.42 Å². The van der Waals surface area contributed by atoms with Crippen molar-refractivity contribution in [2.45, 2.75) is 31.7 Å². The molecule has 3 N–H and O–H groups in total. The molecule has 1 rings (SSSR count). The van der Waals surface area contributed by atoms with Gasteiger partial charge in [0.05, 0.1) is 5.92 Å². The van der Waals surface area contributed by atoms with E-state index in [1.54, 1.807) is 0 Å². The second-order valence-electron chi connectivity index (χ2n) is 3.29. The summed E-state index contributed by atoms with van der Waals surface area (Å²) in [6, 6.07) is 0. The van der Waals surface area contributed by atoms with Crippen molar-refractivity contribution in [3.63, 3.8) is 0 Å². The molecule has 0 aromatic rings. The van der Waals surface area contributed by atoms with E-state index in [-0.39, 0.29) is 18.3 Å². The lowest BCUT2D eigenvalue weighted by molar-refractivity contribution is -0.143. The number of rotatable bonds is 1. The number of carboxylic acid groups (broad SMARTS) is 1. The molecule has 1 saturated carbocycles. The van der Waals surface area contributed by atoms with Crippen LogP contribution in [0.3, 0.4) is 0 Å². The maximum Gasteiger partial charge on any atom is 0.308 e. The molecule has 0 amide bonds. The van der Waals surface area contributed by atoms with E-state index in [4.69, 9.17) is 10.8 Å². The summed E-state index contributed by atoms with van der Waals surface area (Å²) in [7, 11) is 0. The third kappa shape index (κ3) is 2.07. The van der Waals surface area contributed by atoms with Crippen LogP contribution in [0.2, 0.25) is 0 Å². The SMILES string of the molecule is C[C@@]1(N)CCCC1C(=O)O.Cl. The molecular formula is C7H14ClNO2. The van der Waals surface area contributed by atoms with Crippen LogP contribution in [0.25, 0.3) is 0 Å². The molecule has 2 atom stereocenters. The van der Waals surface area contributed by atoms with Gasteiger partial charge in [0.1, 0.15) is 0 Å². The first-order chi connectivity index (χ1) is 4.54. The normalized spacial score (nSPS) is 36.4. The lowest BCUT2D eigenvalue weighted by Crippen LogP contribution is -2.43. The second-order valence-corrected chi connectivity index (χ2v) is 3.29. The van der Waals surface area contributed by atoms with Gasteiger partial charge in [-0.05, 0) is 19.8 Å². The van der Waals surface area contributed by atoms with Crippen molar-refractivity contribution in [1.29, 1.82) is 0 Å². The fraction of sp³-hybridized carbons (Fsp3) is 0.857. The second kappa shape index (κ2) is 3.41. The van der Waals surface area contributed by atoms with Crippen LogP contribution >= 0.6 is 12.4 Å². The van der Waals surface area contributed by atoms with Crippen LogP contribution in [-0.2, 0) is 4.79 Å². The standard InChI is InChI=1S/C7H13NO2.ClH/c1-7(8)4-2-3-5(7)6(9)10;/h5H,2-4,8H2,1H3,(H,9,10);1H/t5?,7-;/m1./s1. The van der Waals surface area contributed by atoms with Gasteiger partial charge in [0.2, 0.25) is 0 Å². The maximum atomic E-state index is 10.5. The number of hydrogen-bond acceptors (Lipinski definition) is 2. The Bertz CT molecular complexity index is 159. The fourth-order valence-electron chi connectivity index (χ4n) is 1.60. The van der Waals surface area contributed by atoms with Crippen LogP contribution in [0, 0.1) is 5.92 Å². The topological polar surface area (TPSA) is 63.3 Å². The van der Waals surface area contributed by atoms with Crippen LogP contribution in [0.5, 0.6) is 0 Å². The number of carboxylic acids is 1. The van der Waals surface area contributed by atoms with Gasteiger partial charge in [0.25, 0.3) is 0 Å². The summed E-state index contributed by atoms with van der Waals surface area (Å²) in [5.41, 5.74) is 5.28. The average Bonchev–Trinajstić information content (AvgIpc) is 2.08. The molecule has 0 saturated heterocycles. The number of hydrogen-bond donors (Lipinski definition) is 2. The molecule has 3 nitrogen and oxygen atoms in total. The first-order valence-corrected chi connectivity index (χ1v) is 3.56. The van der Waals surface area contributed by atoms with E-state index in [0.717, 1.165) is 19.3 Å². The van der Waals surface area contributed by atoms with E-state index in [9.17, 15) is 4.79 Å². The molecule has 4 heteroatoms. The third-order valence-corrected chi connectivity index (χ3v) is 2.30. The Balaban J connectivity index is 0.000001000. The van der Waals surface area contributed by atoms with Crippen LogP contribution in [-0.4, -0.2) is 16.6 Å². The Morgan fingerprint density at radius 2 is 2.27 bits per heavy atom. The summed E-state index contributed by atoms with van der Waals surface area (Å²) in [6.45, 7) is 1.82. The van der Waals surface area contributed by atoms with Crippen LogP contribution in [0.4, 0.5) is 0 Å². The molecule has 0 bridgehead atoms. The molecule has 1 fully saturated rings. The molecule has 1 aliphatic carbocycles. The Morgan fingerprint density at radius 3 is 2.45 bits per heavy atom. The van der Waals surface area contributed by atoms with Crippen molar-refractivity contribution in [2.24, 2.45) is 11.7 Å². The first kappa shape index (κ1) is 10.7. The van der Waals surface area contributed by atoms with Crippen LogP contribution < -0.4 is 5.73 Å². The third-order valence-electron chi connectivity index (χ3n) is 2.30. The fourth-order valence-corrected chi connectivity index (χ4v) is 1.60. The number of aliphatic carboxylic acids is 1. The molecule has 0 spiro atoms. The zero-order valence-corrected chi connectivity index (χ0v) is 7.36. The Morgan fingerprint density at radius 1 is 1.73 bits per heavy atom. The predicted octanol–water partition coefficient (Wildman–Crippen LogP) is 1.01. The van der Waals surface area contributed by atoms with Crippen molar-refractivity contribution in [2.75, 3.05) is 0 Å². The van der Waals surface area contributed by atoms with E-state index in [0.29, 0.717) is 0 Å². The lowest BCUT2D eigenvalue weighted by Gasteiger charge is -2.22. The molecule has 1 unspecified atom stereocenters. The Hall–Kier alpha value is -0.280. The van der Waals surface area contributed by atoms with Gasteiger partial charge in [-0.2, -0.15) is 0 Å². The summed E-state index contributed by atoms with van der Waals surface area (Å²) in [5, 5.41) is 8.67. The van der Waals surface area contributed by atoms with E-state index >= 15 is 0 Å². The van der Waals surface area contributed by atoms with E-state index < -0.39 is 11.5 Å². The van der Waals surface area contributed by atoms with Crippen molar-refractivity contribution in [3.05, 3.63) is 0 Å². The minimum absolute atomic E-state index is 0. The molecule has 0 aliphatic heterocycles. The van der Waals surface area contributed by atoms with Gasteiger partial charge >= 0.3 is 5.97 Å². The molecule has 0 radical (unpaired) electrons. The minimum Gasteiger partial charge on any atom is -0.481 e. The van der Waals surface area contributed by atoms with Crippen LogP contribution in [0.15, 0.2) is 0 Å². The first-order valence-electron chi connectivity index (χ1n) is 3.56. The van der Waals surface area contributed by atoms with E-state index in [2.05, 4.69) is 0 Å². The molecule has 11 heavy (non-hydrogen) atoms. The largest absolute Gasteiger partial charge is 0.481 e. The molecule has 66 valence electrons. The predicted molar refractivity (Wildman–Crippen MR) is 44.8 cm³/mol. The van der Waals surface area contributed by atoms with Crippen LogP contribution in [0.1, 0.15) is 26.2 Å². The molecule has 0 aromatic carbocycles. The van der Waals surface area contributed by atoms with Gasteiger partial charge in [-0.3, -0.25) is 4.79 Å². The lowest BCUT2D eigenvalue weighted by atomic mass is 9.90. The monoisotopic (exact) mass is 179 g/mol. The summed E-state index contributed by atoms with van der Waals surface area (Å²) in [6.07, 6.45) is 2.52. The number of halogens is 1. The molecule has 1 aliphatic rings. The molecular weight excluding hydrogens is 166 g/mol. The van der Waals surface area contributed by atoms with Gasteiger partial charge < -0.3 is 10.8 Å². The number of nitrogens with two attached hydrogens (primary N) is 1. The van der Waals surface area contributed by atoms with Crippen molar-refractivity contribution in [1.82, 2.24) is 0 Å². The molecule has 0 heterocycles. The summed E-state index contributed by atoms with van der Waals surface area (Å²) in [4.78, 5) is 10.5. The Kier molecular flexibility index (Phi) is 3.32. The van der Waals surface area contributed by atoms with Crippen molar-refractivity contribution >= 4 is 18.4 Å². The van der Waals surface area contributed by atoms with E-state index in [1.807, 2.05) is 6.92 Å². The highest BCUT2D eigenvalue weighted by atomic mass is 35.5. The highest BCUT2D eigenvalue weighted by Crippen LogP contribution is 2.33. The average molecular weight is 180 g/mol. The highest BCUT2D eigenvalue weighted by Gasteiger charge is 2.39. The summed E-state index contributed by atoms with van der Waals surface area (Å²) in [5.74, 6) is -1.07. The van der Waals surface area contributed by atoms with Gasteiger partial charge in [0, 0.05) is 5.54 Å². The van der Waals surface area contributed by atoms with Crippen molar-refractivity contribution < 1.29 is 9.90 Å². The maximum absolute atomic E-state index is 10.5. The number of carbonyl (C=O) groups is 1. The van der Waals surface area contributed by atoms with Gasteiger partial charge in [-0.15, -0.1) is 12.4 Å². The Labute approximate surface area is 72.4 Å². The molecule has 0 aromatic heterocycles. The van der Waals surface area contributed by atoms with Gasteiger partial charge in [-0.25, -0.2) is 0 Å². The summed E-state index contributed by atoms with van der Waals surface area (Å²) >= 11 is 0. The summed E-state index contributed by atoms with van der Waals surface area (Å²) < 4.78 is 0. The zero-order valence-electron chi connectivity index (χ0n) is 6.54. The quantitative estimate of drug-likeness (QED) is 0.632. The minimum atomic E-state index is -0.748. The highest BCUT2D eigenvalue weighted by molar-refractivity contribution is 5.85. The van der Waals surface area contributed by atoms with Gasteiger partial charge in [0.15, 0.2) is 0 Å². The zero-order chi connectivity index (χ0) is 7.78. The smallest absolute Gasteiger partial charge is 0.308 e. The van der Waals surface area contributed by atoms with E-state index in [1.165, 1.54) is 0 Å². The van der Waals surface area contributed by atoms with Crippen molar-refractivity contribution in [3.8, 4) is 0 Å².